The normalized spacial score (nSPS) is 22.7. The Bertz CT molecular complexity index is 545. The van der Waals surface area contributed by atoms with Crippen molar-refractivity contribution in [1.29, 1.82) is 0 Å². The summed E-state index contributed by atoms with van der Waals surface area (Å²) in [5.74, 6) is 0.581. The Labute approximate surface area is 143 Å². The van der Waals surface area contributed by atoms with Crippen LogP contribution in [0.5, 0.6) is 0 Å². The molecule has 1 aromatic rings. The molecule has 134 valence electrons. The predicted octanol–water partition coefficient (Wildman–Crippen LogP) is 0.0820. The second-order valence-electron chi connectivity index (χ2n) is 7.07. The fraction of sp³-hybridized carbons (Fsp3) is 0.765. The number of aliphatic hydroxyl groups is 1. The molecule has 1 N–H and O–H groups in total. The molecule has 24 heavy (non-hydrogen) atoms. The topological polar surface area (TPSA) is 64.8 Å². The highest BCUT2D eigenvalue weighted by atomic mass is 16.3. The zero-order chi connectivity index (χ0) is 17.1. The lowest BCUT2D eigenvalue weighted by Crippen LogP contribution is -2.53. The number of likely N-dealkylation sites (tertiary alicyclic amines) is 1. The smallest absolute Gasteiger partial charge is 0.225 e. The van der Waals surface area contributed by atoms with Crippen LogP contribution >= 0.6 is 0 Å². The van der Waals surface area contributed by atoms with Crippen molar-refractivity contribution in [1.82, 2.24) is 24.3 Å². The van der Waals surface area contributed by atoms with Crippen LogP contribution in [0.15, 0.2) is 12.4 Å². The third kappa shape index (κ3) is 3.96. The van der Waals surface area contributed by atoms with Crippen molar-refractivity contribution < 1.29 is 9.90 Å². The van der Waals surface area contributed by atoms with Crippen LogP contribution in [-0.4, -0.2) is 87.6 Å². The molecule has 0 saturated carbocycles. The number of hydrogen-bond acceptors (Lipinski definition) is 5. The molecule has 0 radical (unpaired) electrons. The van der Waals surface area contributed by atoms with Crippen LogP contribution in [-0.2, 0) is 11.8 Å². The summed E-state index contributed by atoms with van der Waals surface area (Å²) in [6.07, 6.45) is 4.79. The minimum Gasteiger partial charge on any atom is -0.385 e. The quantitative estimate of drug-likeness (QED) is 0.844. The molecule has 0 spiro atoms. The lowest BCUT2D eigenvalue weighted by Gasteiger charge is -2.42. The molecule has 0 bridgehead atoms. The van der Waals surface area contributed by atoms with Crippen molar-refractivity contribution in [3.8, 4) is 0 Å². The number of piperidine rings is 1. The number of hydrogen-bond donors (Lipinski definition) is 1. The Kier molecular flexibility index (Phi) is 5.53. The van der Waals surface area contributed by atoms with E-state index < -0.39 is 6.10 Å². The van der Waals surface area contributed by atoms with E-state index >= 15 is 0 Å². The minimum absolute atomic E-state index is 0.0299. The molecule has 2 aliphatic rings. The van der Waals surface area contributed by atoms with Gasteiger partial charge in [0.25, 0.3) is 0 Å². The van der Waals surface area contributed by atoms with E-state index in [9.17, 15) is 9.90 Å². The first-order chi connectivity index (χ1) is 11.5. The number of imidazole rings is 1. The summed E-state index contributed by atoms with van der Waals surface area (Å²) in [6.45, 7) is 6.12. The Morgan fingerprint density at radius 2 is 1.88 bits per heavy atom. The number of carbonyl (C=O) groups excluding carboxylic acids is 1. The molecule has 1 unspecified atom stereocenters. The molecule has 3 heterocycles. The van der Waals surface area contributed by atoms with Crippen molar-refractivity contribution >= 4 is 5.91 Å². The Balaban J connectivity index is 1.46. The first-order valence-corrected chi connectivity index (χ1v) is 8.90. The van der Waals surface area contributed by atoms with E-state index in [1.807, 2.05) is 11.9 Å². The zero-order valence-corrected chi connectivity index (χ0v) is 14.8. The van der Waals surface area contributed by atoms with Gasteiger partial charge in [-0.2, -0.15) is 0 Å². The summed E-state index contributed by atoms with van der Waals surface area (Å²) in [4.78, 5) is 23.4. The second-order valence-corrected chi connectivity index (χ2v) is 7.07. The van der Waals surface area contributed by atoms with Crippen LogP contribution in [0.25, 0.3) is 0 Å². The Morgan fingerprint density at radius 1 is 1.21 bits per heavy atom. The van der Waals surface area contributed by atoms with Crippen LogP contribution < -0.4 is 0 Å². The van der Waals surface area contributed by atoms with Crippen molar-refractivity contribution in [2.45, 2.75) is 31.4 Å². The van der Waals surface area contributed by atoms with Crippen LogP contribution in [0.2, 0.25) is 0 Å². The maximum atomic E-state index is 12.4. The molecule has 0 aromatic carbocycles. The molecule has 2 saturated heterocycles. The number of rotatable bonds is 4. The van der Waals surface area contributed by atoms with Gasteiger partial charge in [0.2, 0.25) is 5.91 Å². The minimum atomic E-state index is -0.826. The lowest BCUT2D eigenvalue weighted by atomic mass is 10.0. The van der Waals surface area contributed by atoms with Crippen LogP contribution in [0.1, 0.15) is 31.2 Å². The van der Waals surface area contributed by atoms with Crippen LogP contribution in [0, 0.1) is 0 Å². The van der Waals surface area contributed by atoms with Crippen LogP contribution in [0.4, 0.5) is 0 Å². The van der Waals surface area contributed by atoms with E-state index in [1.54, 1.807) is 17.0 Å². The monoisotopic (exact) mass is 335 g/mol. The first kappa shape index (κ1) is 17.4. The van der Waals surface area contributed by atoms with Gasteiger partial charge in [0.1, 0.15) is 11.9 Å². The van der Waals surface area contributed by atoms with Crippen molar-refractivity contribution in [2.24, 2.45) is 7.05 Å². The second kappa shape index (κ2) is 7.63. The third-order valence-corrected chi connectivity index (χ3v) is 5.40. The summed E-state index contributed by atoms with van der Waals surface area (Å²) in [7, 11) is 4.00. The van der Waals surface area contributed by atoms with Gasteiger partial charge in [-0.1, -0.05) is 0 Å². The van der Waals surface area contributed by atoms with E-state index in [2.05, 4.69) is 21.8 Å². The fourth-order valence-corrected chi connectivity index (χ4v) is 3.75. The highest BCUT2D eigenvalue weighted by Crippen LogP contribution is 2.21. The predicted molar refractivity (Wildman–Crippen MR) is 91.5 cm³/mol. The SMILES string of the molecule is CN1CCN(C2CCN(C(=O)CC(O)c3nccn3C)CC2)CC1. The van der Waals surface area contributed by atoms with Crippen molar-refractivity contribution in [2.75, 3.05) is 46.3 Å². The number of likely N-dealkylation sites (N-methyl/N-ethyl adjacent to an activating group) is 1. The fourth-order valence-electron chi connectivity index (χ4n) is 3.75. The molecule has 1 atom stereocenters. The van der Waals surface area contributed by atoms with Crippen molar-refractivity contribution in [3.05, 3.63) is 18.2 Å². The zero-order valence-electron chi connectivity index (χ0n) is 14.8. The first-order valence-electron chi connectivity index (χ1n) is 8.90. The van der Waals surface area contributed by atoms with Gasteiger partial charge in [-0.3, -0.25) is 9.69 Å². The summed E-state index contributed by atoms with van der Waals surface area (Å²) >= 11 is 0. The molecule has 0 aliphatic carbocycles. The molecule has 2 fully saturated rings. The maximum Gasteiger partial charge on any atom is 0.225 e. The van der Waals surface area contributed by atoms with Gasteiger partial charge in [-0.25, -0.2) is 4.98 Å². The Hall–Kier alpha value is -1.44. The van der Waals surface area contributed by atoms with Gasteiger partial charge in [0.05, 0.1) is 6.42 Å². The number of aryl methyl sites for hydroxylation is 1. The largest absolute Gasteiger partial charge is 0.385 e. The highest BCUT2D eigenvalue weighted by molar-refractivity contribution is 5.76. The lowest BCUT2D eigenvalue weighted by molar-refractivity contribution is -0.135. The molecular formula is C17H29N5O2. The number of carbonyl (C=O) groups is 1. The Morgan fingerprint density at radius 3 is 2.46 bits per heavy atom. The van der Waals surface area contributed by atoms with Gasteiger partial charge >= 0.3 is 0 Å². The number of piperazine rings is 1. The number of aromatic nitrogens is 2. The van der Waals surface area contributed by atoms with E-state index in [4.69, 9.17) is 0 Å². The molecule has 1 amide bonds. The maximum absolute atomic E-state index is 12.4. The number of nitrogens with zero attached hydrogens (tertiary/aromatic N) is 5. The summed E-state index contributed by atoms with van der Waals surface area (Å²) in [6, 6.07) is 0.599. The summed E-state index contributed by atoms with van der Waals surface area (Å²) < 4.78 is 1.76. The summed E-state index contributed by atoms with van der Waals surface area (Å²) in [5.41, 5.74) is 0. The number of amides is 1. The highest BCUT2D eigenvalue weighted by Gasteiger charge is 2.29. The van der Waals surface area contributed by atoms with Gasteiger partial charge in [-0.05, 0) is 19.9 Å². The average molecular weight is 335 g/mol. The standard InChI is InChI=1S/C17H29N5O2/c1-19-9-11-21(12-10-19)14-3-6-22(7-4-14)16(24)13-15(23)17-18-5-8-20(17)2/h5,8,14-15,23H,3-4,6-7,9-13H2,1-2H3. The van der Waals surface area contributed by atoms with Gasteiger partial charge in [0.15, 0.2) is 0 Å². The van der Waals surface area contributed by atoms with Crippen LogP contribution in [0.3, 0.4) is 0 Å². The summed E-state index contributed by atoms with van der Waals surface area (Å²) in [5, 5.41) is 10.2. The molecule has 7 heteroatoms. The van der Waals surface area contributed by atoms with E-state index in [-0.39, 0.29) is 12.3 Å². The van der Waals surface area contributed by atoms with Gasteiger partial charge in [0, 0.05) is 64.8 Å². The van der Waals surface area contributed by atoms with Gasteiger partial charge < -0.3 is 19.5 Å². The van der Waals surface area contributed by atoms with Crippen molar-refractivity contribution in [3.63, 3.8) is 0 Å². The third-order valence-electron chi connectivity index (χ3n) is 5.40. The molecule has 1 aromatic heterocycles. The average Bonchev–Trinajstić information content (AvgIpc) is 3.02. The molecule has 3 rings (SSSR count). The molecule has 2 aliphatic heterocycles. The van der Waals surface area contributed by atoms with E-state index in [0.717, 1.165) is 52.1 Å². The van der Waals surface area contributed by atoms with E-state index in [1.165, 1.54) is 0 Å². The molecular weight excluding hydrogens is 306 g/mol. The van der Waals surface area contributed by atoms with Gasteiger partial charge in [-0.15, -0.1) is 0 Å². The van der Waals surface area contributed by atoms with E-state index in [0.29, 0.717) is 11.9 Å². The molecule has 7 nitrogen and oxygen atoms in total. The number of aliphatic hydroxyl groups excluding tert-OH is 1.